The Balaban J connectivity index is 2.00. The predicted molar refractivity (Wildman–Crippen MR) is 94.2 cm³/mol. The zero-order valence-corrected chi connectivity index (χ0v) is 14.4. The van der Waals surface area contributed by atoms with Crippen LogP contribution in [0.2, 0.25) is 0 Å². The minimum absolute atomic E-state index is 0.0394. The quantitative estimate of drug-likeness (QED) is 0.454. The molecule has 1 aliphatic rings. The average Bonchev–Trinajstić information content (AvgIpc) is 2.56. The molecule has 1 unspecified atom stereocenters. The van der Waals surface area contributed by atoms with Crippen LogP contribution >= 0.6 is 11.8 Å². The molecule has 0 saturated heterocycles. The summed E-state index contributed by atoms with van der Waals surface area (Å²) in [5.74, 6) is 0.335. The maximum atomic E-state index is 12.3. The molecule has 0 radical (unpaired) electrons. The molecular weight excluding hydrogens is 310 g/mol. The Labute approximate surface area is 141 Å². The summed E-state index contributed by atoms with van der Waals surface area (Å²) < 4.78 is 0. The van der Waals surface area contributed by atoms with Gasteiger partial charge >= 0.3 is 0 Å². The third-order valence-electron chi connectivity index (χ3n) is 3.95. The Bertz CT molecular complexity index is 593. The fraction of sp³-hybridized carbons (Fsp3) is 0.444. The summed E-state index contributed by atoms with van der Waals surface area (Å²) in [6, 6.07) is 8.23. The standard InChI is InChI=1S/C18H23NO3S/c1-3-22-19-10-4-5-16-17(20)11-14(12-18(16)21)13-6-8-15(23-2)9-7-13/h6-10,14,20H,3-5,11-12H2,1-2H3. The first-order valence-corrected chi connectivity index (χ1v) is 9.10. The molecule has 0 heterocycles. The number of hydrogen-bond acceptors (Lipinski definition) is 5. The second kappa shape index (κ2) is 8.77. The molecular formula is C18H23NO3S. The second-order valence-corrected chi connectivity index (χ2v) is 6.35. The van der Waals surface area contributed by atoms with E-state index in [9.17, 15) is 9.90 Å². The van der Waals surface area contributed by atoms with Crippen molar-refractivity contribution in [3.8, 4) is 0 Å². The van der Waals surface area contributed by atoms with Crippen LogP contribution in [-0.2, 0) is 9.63 Å². The van der Waals surface area contributed by atoms with Crippen LogP contribution in [0.25, 0.3) is 0 Å². The van der Waals surface area contributed by atoms with Crippen LogP contribution in [0.3, 0.4) is 0 Å². The molecule has 2 rings (SSSR count). The minimum atomic E-state index is 0.0394. The normalized spacial score (nSPS) is 18.7. The van der Waals surface area contributed by atoms with Crippen LogP contribution < -0.4 is 0 Å². The Hall–Kier alpha value is -1.75. The number of ketones is 1. The highest BCUT2D eigenvalue weighted by atomic mass is 32.2. The number of carbonyl (C=O) groups excluding carboxylic acids is 1. The van der Waals surface area contributed by atoms with E-state index in [1.165, 1.54) is 4.90 Å². The highest BCUT2D eigenvalue weighted by molar-refractivity contribution is 7.98. The topological polar surface area (TPSA) is 58.9 Å². The number of thioether (sulfide) groups is 1. The smallest absolute Gasteiger partial charge is 0.162 e. The third kappa shape index (κ3) is 4.86. The van der Waals surface area contributed by atoms with Crippen molar-refractivity contribution < 1.29 is 14.7 Å². The van der Waals surface area contributed by atoms with Gasteiger partial charge in [0.05, 0.1) is 5.76 Å². The molecule has 0 saturated carbocycles. The van der Waals surface area contributed by atoms with E-state index in [-0.39, 0.29) is 17.5 Å². The number of aliphatic hydroxyl groups is 1. The molecule has 23 heavy (non-hydrogen) atoms. The highest BCUT2D eigenvalue weighted by Crippen LogP contribution is 2.35. The molecule has 1 atom stereocenters. The van der Waals surface area contributed by atoms with E-state index in [2.05, 4.69) is 29.4 Å². The maximum absolute atomic E-state index is 12.3. The van der Waals surface area contributed by atoms with Gasteiger partial charge < -0.3 is 9.94 Å². The first kappa shape index (κ1) is 17.6. The molecule has 5 heteroatoms. The fourth-order valence-corrected chi connectivity index (χ4v) is 3.13. The summed E-state index contributed by atoms with van der Waals surface area (Å²) in [5, 5.41) is 14.0. The average molecular weight is 333 g/mol. The molecule has 1 N–H and O–H groups in total. The van der Waals surface area contributed by atoms with Gasteiger partial charge in [0.2, 0.25) is 0 Å². The van der Waals surface area contributed by atoms with Crippen molar-refractivity contribution in [3.63, 3.8) is 0 Å². The molecule has 0 amide bonds. The van der Waals surface area contributed by atoms with E-state index in [1.807, 2.05) is 13.2 Å². The van der Waals surface area contributed by atoms with Gasteiger partial charge in [-0.2, -0.15) is 0 Å². The molecule has 1 aromatic rings. The van der Waals surface area contributed by atoms with Crippen LogP contribution in [0.5, 0.6) is 0 Å². The van der Waals surface area contributed by atoms with Crippen molar-refractivity contribution >= 4 is 23.8 Å². The Kier molecular flexibility index (Phi) is 6.71. The van der Waals surface area contributed by atoms with Gasteiger partial charge in [-0.05, 0) is 49.6 Å². The van der Waals surface area contributed by atoms with Crippen molar-refractivity contribution in [1.82, 2.24) is 0 Å². The SMILES string of the molecule is CCON=CCCC1=C(O)CC(c2ccc(SC)cc2)CC1=O. The van der Waals surface area contributed by atoms with Crippen LogP contribution in [0.1, 0.15) is 44.1 Å². The molecule has 1 aliphatic carbocycles. The summed E-state index contributed by atoms with van der Waals surface area (Å²) in [5.41, 5.74) is 1.66. The van der Waals surface area contributed by atoms with Crippen molar-refractivity contribution in [3.05, 3.63) is 41.2 Å². The van der Waals surface area contributed by atoms with Gasteiger partial charge in [0.15, 0.2) is 5.78 Å². The minimum Gasteiger partial charge on any atom is -0.512 e. The zero-order valence-electron chi connectivity index (χ0n) is 13.6. The van der Waals surface area contributed by atoms with E-state index in [4.69, 9.17) is 4.84 Å². The summed E-state index contributed by atoms with van der Waals surface area (Å²) >= 11 is 1.69. The molecule has 4 nitrogen and oxygen atoms in total. The first-order chi connectivity index (χ1) is 11.2. The molecule has 1 aromatic carbocycles. The second-order valence-electron chi connectivity index (χ2n) is 5.47. The van der Waals surface area contributed by atoms with E-state index < -0.39 is 0 Å². The van der Waals surface area contributed by atoms with Crippen LogP contribution in [0.15, 0.2) is 45.6 Å². The molecule has 124 valence electrons. The first-order valence-electron chi connectivity index (χ1n) is 7.87. The Morgan fingerprint density at radius 2 is 2.09 bits per heavy atom. The number of aliphatic hydroxyl groups excluding tert-OH is 1. The molecule has 0 aliphatic heterocycles. The van der Waals surface area contributed by atoms with Crippen molar-refractivity contribution in [2.45, 2.75) is 43.4 Å². The summed E-state index contributed by atoms with van der Waals surface area (Å²) in [7, 11) is 0. The number of nitrogens with zero attached hydrogens (tertiary/aromatic N) is 1. The maximum Gasteiger partial charge on any atom is 0.162 e. The molecule has 0 bridgehead atoms. The largest absolute Gasteiger partial charge is 0.512 e. The highest BCUT2D eigenvalue weighted by Gasteiger charge is 2.28. The summed E-state index contributed by atoms with van der Waals surface area (Å²) in [4.78, 5) is 18.4. The lowest BCUT2D eigenvalue weighted by Crippen LogP contribution is -2.18. The number of allylic oxidation sites excluding steroid dienone is 2. The summed E-state index contributed by atoms with van der Waals surface area (Å²) in [6.45, 7) is 2.39. The van der Waals surface area contributed by atoms with Gasteiger partial charge in [0, 0.05) is 29.5 Å². The lowest BCUT2D eigenvalue weighted by Gasteiger charge is -2.23. The number of Topliss-reactive ketones (excluding diaryl/α,β-unsaturated/α-hetero) is 1. The van der Waals surface area contributed by atoms with Gasteiger partial charge in [-0.1, -0.05) is 17.3 Å². The number of rotatable bonds is 7. The van der Waals surface area contributed by atoms with Gasteiger partial charge in [-0.3, -0.25) is 4.79 Å². The van der Waals surface area contributed by atoms with Crippen molar-refractivity contribution in [2.75, 3.05) is 12.9 Å². The Morgan fingerprint density at radius 1 is 1.35 bits per heavy atom. The van der Waals surface area contributed by atoms with Crippen LogP contribution in [0, 0.1) is 0 Å². The van der Waals surface area contributed by atoms with E-state index >= 15 is 0 Å². The number of oxime groups is 1. The van der Waals surface area contributed by atoms with Crippen molar-refractivity contribution in [2.24, 2.45) is 5.16 Å². The summed E-state index contributed by atoms with van der Waals surface area (Å²) in [6.07, 6.45) is 5.78. The van der Waals surface area contributed by atoms with E-state index in [0.29, 0.717) is 37.9 Å². The zero-order chi connectivity index (χ0) is 16.7. The number of carbonyl (C=O) groups is 1. The Morgan fingerprint density at radius 3 is 2.70 bits per heavy atom. The van der Waals surface area contributed by atoms with E-state index in [1.54, 1.807) is 18.0 Å². The predicted octanol–water partition coefficient (Wildman–Crippen LogP) is 4.47. The third-order valence-corrected chi connectivity index (χ3v) is 4.69. The number of hydrogen-bond donors (Lipinski definition) is 1. The van der Waals surface area contributed by atoms with Gasteiger partial charge in [-0.25, -0.2) is 0 Å². The molecule has 0 spiro atoms. The van der Waals surface area contributed by atoms with Gasteiger partial charge in [0.1, 0.15) is 6.61 Å². The lowest BCUT2D eigenvalue weighted by molar-refractivity contribution is -0.116. The van der Waals surface area contributed by atoms with E-state index in [0.717, 1.165) is 5.56 Å². The van der Waals surface area contributed by atoms with Crippen LogP contribution in [0.4, 0.5) is 0 Å². The van der Waals surface area contributed by atoms with Gasteiger partial charge in [0.25, 0.3) is 0 Å². The fourth-order valence-electron chi connectivity index (χ4n) is 2.72. The van der Waals surface area contributed by atoms with Gasteiger partial charge in [-0.15, -0.1) is 11.8 Å². The van der Waals surface area contributed by atoms with Crippen LogP contribution in [-0.4, -0.2) is 30.0 Å². The monoisotopic (exact) mass is 333 g/mol. The lowest BCUT2D eigenvalue weighted by atomic mass is 9.81. The number of benzene rings is 1. The molecule has 0 fully saturated rings. The molecule has 0 aromatic heterocycles. The van der Waals surface area contributed by atoms with Crippen molar-refractivity contribution in [1.29, 1.82) is 0 Å².